The van der Waals surface area contributed by atoms with E-state index in [0.29, 0.717) is 11.7 Å². The van der Waals surface area contributed by atoms with Gasteiger partial charge in [0.15, 0.2) is 11.5 Å². The Morgan fingerprint density at radius 3 is 2.61 bits per heavy atom. The van der Waals surface area contributed by atoms with Gasteiger partial charge < -0.3 is 20.3 Å². The number of phenolic OH excluding ortho intramolecular Hbond substituents is 1. The van der Waals surface area contributed by atoms with Gasteiger partial charge in [0, 0.05) is 19.3 Å². The molecule has 0 unspecified atom stereocenters. The van der Waals surface area contributed by atoms with E-state index in [1.807, 2.05) is 6.07 Å². The monoisotopic (exact) mass is 273 g/mol. The summed E-state index contributed by atoms with van der Waals surface area (Å²) in [4.78, 5) is 0. The fraction of sp³-hybridized carbons (Fsp3) is 0.538. The van der Waals surface area contributed by atoms with Crippen LogP contribution in [0, 0.1) is 5.92 Å². The quantitative estimate of drug-likeness (QED) is 0.887. The molecule has 1 aliphatic rings. The highest BCUT2D eigenvalue weighted by molar-refractivity contribution is 5.85. The number of rotatable bonds is 3. The normalized spacial score (nSPS) is 17.9. The van der Waals surface area contributed by atoms with Crippen LogP contribution in [0.15, 0.2) is 18.2 Å². The molecule has 1 heterocycles. The molecule has 1 aromatic rings. The predicted octanol–water partition coefficient (Wildman–Crippen LogP) is 2.25. The average Bonchev–Trinajstić information content (AvgIpc) is 2.39. The average molecular weight is 274 g/mol. The molecule has 102 valence electrons. The molecule has 1 saturated heterocycles. The van der Waals surface area contributed by atoms with Crippen LogP contribution in [0.1, 0.15) is 24.4 Å². The Hall–Kier alpha value is -0.970. The van der Waals surface area contributed by atoms with Crippen LogP contribution >= 0.6 is 12.4 Å². The van der Waals surface area contributed by atoms with Crippen LogP contribution in [0.2, 0.25) is 0 Å². The van der Waals surface area contributed by atoms with Gasteiger partial charge in [0.25, 0.3) is 0 Å². The van der Waals surface area contributed by atoms with Crippen molar-refractivity contribution in [2.24, 2.45) is 11.7 Å². The van der Waals surface area contributed by atoms with Crippen molar-refractivity contribution >= 4 is 12.4 Å². The zero-order valence-corrected chi connectivity index (χ0v) is 11.3. The summed E-state index contributed by atoms with van der Waals surface area (Å²) in [5.41, 5.74) is 7.18. The van der Waals surface area contributed by atoms with E-state index in [2.05, 4.69) is 0 Å². The van der Waals surface area contributed by atoms with E-state index >= 15 is 0 Å². The summed E-state index contributed by atoms with van der Waals surface area (Å²) in [6, 6.07) is 5.32. The summed E-state index contributed by atoms with van der Waals surface area (Å²) in [6.45, 7) is 1.56. The van der Waals surface area contributed by atoms with E-state index in [1.54, 1.807) is 12.1 Å². The van der Waals surface area contributed by atoms with Crippen molar-refractivity contribution in [1.82, 2.24) is 0 Å². The Morgan fingerprint density at radius 2 is 2.06 bits per heavy atom. The number of ether oxygens (including phenoxy) is 2. The van der Waals surface area contributed by atoms with Crippen molar-refractivity contribution in [3.05, 3.63) is 23.8 Å². The Balaban J connectivity index is 0.00000162. The van der Waals surface area contributed by atoms with Gasteiger partial charge in [-0.25, -0.2) is 0 Å². The van der Waals surface area contributed by atoms with E-state index in [9.17, 15) is 5.11 Å². The molecule has 2 rings (SSSR count). The first-order valence-electron chi connectivity index (χ1n) is 5.92. The first-order valence-corrected chi connectivity index (χ1v) is 5.92. The van der Waals surface area contributed by atoms with Crippen LogP contribution in [-0.2, 0) is 4.74 Å². The number of aromatic hydroxyl groups is 1. The van der Waals surface area contributed by atoms with Crippen LogP contribution < -0.4 is 10.5 Å². The molecule has 0 radical (unpaired) electrons. The van der Waals surface area contributed by atoms with Crippen molar-refractivity contribution in [2.45, 2.75) is 18.9 Å². The number of halogens is 1. The number of methoxy groups -OCH3 is 1. The minimum atomic E-state index is -0.0456. The van der Waals surface area contributed by atoms with Crippen molar-refractivity contribution in [3.8, 4) is 11.5 Å². The first-order chi connectivity index (χ1) is 8.22. The molecule has 0 spiro atoms. The molecule has 1 atom stereocenters. The summed E-state index contributed by atoms with van der Waals surface area (Å²) in [7, 11) is 1.53. The molecule has 0 saturated carbocycles. The van der Waals surface area contributed by atoms with E-state index in [4.69, 9.17) is 15.2 Å². The lowest BCUT2D eigenvalue weighted by Gasteiger charge is -2.28. The first kappa shape index (κ1) is 15.1. The molecule has 0 bridgehead atoms. The fourth-order valence-electron chi connectivity index (χ4n) is 2.26. The van der Waals surface area contributed by atoms with Crippen LogP contribution in [-0.4, -0.2) is 25.4 Å². The molecule has 0 aromatic heterocycles. The summed E-state index contributed by atoms with van der Waals surface area (Å²) in [5, 5.41) is 9.73. The summed E-state index contributed by atoms with van der Waals surface area (Å²) >= 11 is 0. The standard InChI is InChI=1S/C13H19NO3.ClH/c1-16-12-3-2-10(8-11(12)15)13(14)9-4-6-17-7-5-9;/h2-3,8-9,13,15H,4-7,14H2,1H3;1H/t13-;/m1./s1. The minimum absolute atomic E-state index is 0. The Morgan fingerprint density at radius 1 is 1.39 bits per heavy atom. The van der Waals surface area contributed by atoms with Gasteiger partial charge in [-0.3, -0.25) is 0 Å². The van der Waals surface area contributed by atoms with Gasteiger partial charge in [-0.2, -0.15) is 0 Å². The van der Waals surface area contributed by atoms with Crippen LogP contribution in [0.4, 0.5) is 0 Å². The highest BCUT2D eigenvalue weighted by Crippen LogP contribution is 2.33. The molecule has 0 amide bonds. The predicted molar refractivity (Wildman–Crippen MR) is 72.4 cm³/mol. The number of hydrogen-bond donors (Lipinski definition) is 2. The highest BCUT2D eigenvalue weighted by Gasteiger charge is 2.22. The van der Waals surface area contributed by atoms with Crippen LogP contribution in [0.25, 0.3) is 0 Å². The van der Waals surface area contributed by atoms with Crippen molar-refractivity contribution in [1.29, 1.82) is 0 Å². The molecule has 1 fully saturated rings. The zero-order chi connectivity index (χ0) is 12.3. The van der Waals surface area contributed by atoms with Crippen molar-refractivity contribution in [2.75, 3.05) is 20.3 Å². The Kier molecular flexibility index (Phi) is 5.72. The van der Waals surface area contributed by atoms with Crippen LogP contribution in [0.3, 0.4) is 0 Å². The molecule has 4 nitrogen and oxygen atoms in total. The summed E-state index contributed by atoms with van der Waals surface area (Å²) < 4.78 is 10.3. The second-order valence-corrected chi connectivity index (χ2v) is 4.41. The van der Waals surface area contributed by atoms with Gasteiger partial charge in [0.1, 0.15) is 0 Å². The summed E-state index contributed by atoms with van der Waals surface area (Å²) in [5.74, 6) is 1.05. The number of nitrogens with two attached hydrogens (primary N) is 1. The summed E-state index contributed by atoms with van der Waals surface area (Å²) in [6.07, 6.45) is 1.96. The topological polar surface area (TPSA) is 64.7 Å². The lowest BCUT2D eigenvalue weighted by molar-refractivity contribution is 0.0583. The lowest BCUT2D eigenvalue weighted by Crippen LogP contribution is -2.27. The molecule has 1 aromatic carbocycles. The molecule has 0 aliphatic carbocycles. The second-order valence-electron chi connectivity index (χ2n) is 4.41. The third-order valence-corrected chi connectivity index (χ3v) is 3.36. The Labute approximate surface area is 113 Å². The van der Waals surface area contributed by atoms with Crippen molar-refractivity contribution < 1.29 is 14.6 Å². The molecular formula is C13H20ClNO3. The van der Waals surface area contributed by atoms with E-state index in [0.717, 1.165) is 31.6 Å². The minimum Gasteiger partial charge on any atom is -0.504 e. The number of hydrogen-bond acceptors (Lipinski definition) is 4. The van der Waals surface area contributed by atoms with Gasteiger partial charge in [-0.05, 0) is 36.5 Å². The maximum Gasteiger partial charge on any atom is 0.160 e. The molecule has 1 aliphatic heterocycles. The van der Waals surface area contributed by atoms with Gasteiger partial charge in [0.05, 0.1) is 7.11 Å². The Bertz CT molecular complexity index is 380. The smallest absolute Gasteiger partial charge is 0.160 e. The van der Waals surface area contributed by atoms with Crippen molar-refractivity contribution in [3.63, 3.8) is 0 Å². The van der Waals surface area contributed by atoms with E-state index in [1.165, 1.54) is 7.11 Å². The number of benzene rings is 1. The zero-order valence-electron chi connectivity index (χ0n) is 10.5. The lowest BCUT2D eigenvalue weighted by atomic mass is 9.88. The maximum absolute atomic E-state index is 9.73. The van der Waals surface area contributed by atoms with Gasteiger partial charge in [-0.1, -0.05) is 6.07 Å². The molecule has 3 N–H and O–H groups in total. The third kappa shape index (κ3) is 3.28. The molecular weight excluding hydrogens is 254 g/mol. The SMILES string of the molecule is COc1ccc([C@H](N)C2CCOCC2)cc1O.Cl. The second kappa shape index (κ2) is 6.83. The van der Waals surface area contributed by atoms with Gasteiger partial charge in [0.2, 0.25) is 0 Å². The van der Waals surface area contributed by atoms with Crippen LogP contribution in [0.5, 0.6) is 11.5 Å². The molecule has 5 heteroatoms. The maximum atomic E-state index is 9.73. The number of phenols is 1. The van der Waals surface area contributed by atoms with Gasteiger partial charge in [-0.15, -0.1) is 12.4 Å². The molecule has 18 heavy (non-hydrogen) atoms. The largest absolute Gasteiger partial charge is 0.504 e. The van der Waals surface area contributed by atoms with Gasteiger partial charge >= 0.3 is 0 Å². The van der Waals surface area contributed by atoms with E-state index in [-0.39, 0.29) is 24.2 Å². The van der Waals surface area contributed by atoms with E-state index < -0.39 is 0 Å². The third-order valence-electron chi connectivity index (χ3n) is 3.36. The fourth-order valence-corrected chi connectivity index (χ4v) is 2.26. The highest BCUT2D eigenvalue weighted by atomic mass is 35.5.